The molecule has 0 unspecified atom stereocenters. The molecule has 1 aromatic rings. The van der Waals surface area contributed by atoms with Crippen molar-refractivity contribution in [1.29, 1.82) is 0 Å². The maximum Gasteiger partial charge on any atom is 0.274 e. The van der Waals surface area contributed by atoms with Gasteiger partial charge < -0.3 is 10.1 Å². The molecule has 20 heavy (non-hydrogen) atoms. The number of hydrogen-bond acceptors (Lipinski definition) is 4. The molecular weight excluding hydrogens is 258 g/mol. The Morgan fingerprint density at radius 3 is 2.60 bits per heavy atom. The maximum atomic E-state index is 11.9. The molecule has 1 aromatic heterocycles. The summed E-state index contributed by atoms with van der Waals surface area (Å²) >= 11 is 0. The summed E-state index contributed by atoms with van der Waals surface area (Å²) in [5.74, 6) is -0.793. The van der Waals surface area contributed by atoms with Gasteiger partial charge >= 0.3 is 0 Å². The molecule has 112 valence electrons. The van der Waals surface area contributed by atoms with Gasteiger partial charge in [0.25, 0.3) is 5.91 Å². The van der Waals surface area contributed by atoms with E-state index in [0.29, 0.717) is 12.2 Å². The van der Waals surface area contributed by atoms with Gasteiger partial charge in [0.05, 0.1) is 13.2 Å². The van der Waals surface area contributed by atoms with E-state index in [1.807, 2.05) is 18.7 Å². The molecular formula is C14H23N3O3. The first-order valence-corrected chi connectivity index (χ1v) is 6.94. The second kappa shape index (κ2) is 8.50. The SMILES string of the molecule is CCC(CC)N(CCO)CC(=O)NC(=O)c1ccc[nH]1. The Bertz CT molecular complexity index is 413. The summed E-state index contributed by atoms with van der Waals surface area (Å²) in [7, 11) is 0. The fourth-order valence-corrected chi connectivity index (χ4v) is 2.21. The van der Waals surface area contributed by atoms with Gasteiger partial charge in [0, 0.05) is 18.8 Å². The minimum atomic E-state index is -0.437. The highest BCUT2D eigenvalue weighted by Crippen LogP contribution is 2.07. The lowest BCUT2D eigenvalue weighted by molar-refractivity contribution is -0.122. The van der Waals surface area contributed by atoms with Crippen LogP contribution in [0.15, 0.2) is 18.3 Å². The highest BCUT2D eigenvalue weighted by Gasteiger charge is 2.19. The van der Waals surface area contributed by atoms with Crippen molar-refractivity contribution in [3.8, 4) is 0 Å². The molecule has 0 atom stereocenters. The van der Waals surface area contributed by atoms with Gasteiger partial charge in [-0.2, -0.15) is 0 Å². The van der Waals surface area contributed by atoms with Crippen molar-refractivity contribution in [1.82, 2.24) is 15.2 Å². The molecule has 6 nitrogen and oxygen atoms in total. The van der Waals surface area contributed by atoms with Crippen LogP contribution in [0.1, 0.15) is 37.2 Å². The number of H-pyrrole nitrogens is 1. The van der Waals surface area contributed by atoms with E-state index in [1.54, 1.807) is 18.3 Å². The van der Waals surface area contributed by atoms with Crippen LogP contribution in [-0.2, 0) is 4.79 Å². The number of aliphatic hydroxyl groups is 1. The molecule has 2 amide bonds. The fraction of sp³-hybridized carbons (Fsp3) is 0.571. The molecule has 0 aliphatic carbocycles. The Balaban J connectivity index is 2.55. The number of aromatic amines is 1. The second-order valence-corrected chi connectivity index (χ2v) is 4.63. The third-order valence-corrected chi connectivity index (χ3v) is 3.29. The highest BCUT2D eigenvalue weighted by atomic mass is 16.3. The molecule has 0 bridgehead atoms. The number of amides is 2. The summed E-state index contributed by atoms with van der Waals surface area (Å²) in [5, 5.41) is 11.4. The van der Waals surface area contributed by atoms with Crippen molar-refractivity contribution in [2.45, 2.75) is 32.7 Å². The van der Waals surface area contributed by atoms with E-state index in [0.717, 1.165) is 12.8 Å². The third kappa shape index (κ3) is 4.79. The number of nitrogens with one attached hydrogen (secondary N) is 2. The number of hydrogen-bond donors (Lipinski definition) is 3. The van der Waals surface area contributed by atoms with Crippen LogP contribution in [0.25, 0.3) is 0 Å². The highest BCUT2D eigenvalue weighted by molar-refractivity contribution is 6.04. The van der Waals surface area contributed by atoms with Crippen LogP contribution in [0.2, 0.25) is 0 Å². The smallest absolute Gasteiger partial charge is 0.274 e. The number of carbonyl (C=O) groups is 2. The molecule has 0 fully saturated rings. The molecule has 0 radical (unpaired) electrons. The average molecular weight is 281 g/mol. The van der Waals surface area contributed by atoms with E-state index < -0.39 is 5.91 Å². The largest absolute Gasteiger partial charge is 0.395 e. The van der Waals surface area contributed by atoms with Crippen molar-refractivity contribution < 1.29 is 14.7 Å². The number of carbonyl (C=O) groups excluding carboxylic acids is 2. The minimum Gasteiger partial charge on any atom is -0.395 e. The van der Waals surface area contributed by atoms with Crippen LogP contribution < -0.4 is 5.32 Å². The maximum absolute atomic E-state index is 11.9. The molecule has 6 heteroatoms. The van der Waals surface area contributed by atoms with Crippen LogP contribution in [0, 0.1) is 0 Å². The molecule has 0 aromatic carbocycles. The van der Waals surface area contributed by atoms with Gasteiger partial charge in [0.15, 0.2) is 0 Å². The molecule has 0 aliphatic rings. The van der Waals surface area contributed by atoms with Gasteiger partial charge in [-0.15, -0.1) is 0 Å². The monoisotopic (exact) mass is 281 g/mol. The van der Waals surface area contributed by atoms with Gasteiger partial charge in [-0.05, 0) is 25.0 Å². The molecule has 0 aliphatic heterocycles. The summed E-state index contributed by atoms with van der Waals surface area (Å²) in [6.45, 7) is 4.62. The van der Waals surface area contributed by atoms with Crippen molar-refractivity contribution in [3.05, 3.63) is 24.0 Å². The molecule has 3 N–H and O–H groups in total. The van der Waals surface area contributed by atoms with Gasteiger partial charge in [-0.3, -0.25) is 19.8 Å². The Morgan fingerprint density at radius 1 is 1.40 bits per heavy atom. The van der Waals surface area contributed by atoms with E-state index in [9.17, 15) is 9.59 Å². The fourth-order valence-electron chi connectivity index (χ4n) is 2.21. The summed E-state index contributed by atoms with van der Waals surface area (Å²) in [5.41, 5.74) is 0.356. The van der Waals surface area contributed by atoms with Gasteiger partial charge in [0.2, 0.25) is 5.91 Å². The lowest BCUT2D eigenvalue weighted by Crippen LogP contribution is -2.45. The van der Waals surface area contributed by atoms with Crippen LogP contribution in [0.3, 0.4) is 0 Å². The molecule has 0 saturated carbocycles. The zero-order valence-electron chi connectivity index (χ0n) is 12.1. The van der Waals surface area contributed by atoms with Crippen LogP contribution in [0.4, 0.5) is 0 Å². The van der Waals surface area contributed by atoms with Crippen LogP contribution >= 0.6 is 0 Å². The van der Waals surface area contributed by atoms with E-state index in [4.69, 9.17) is 5.11 Å². The minimum absolute atomic E-state index is 0.00560. The van der Waals surface area contributed by atoms with E-state index in [2.05, 4.69) is 10.3 Å². The molecule has 0 saturated heterocycles. The number of nitrogens with zero attached hydrogens (tertiary/aromatic N) is 1. The summed E-state index contributed by atoms with van der Waals surface area (Å²) in [6.07, 6.45) is 3.42. The first-order valence-electron chi connectivity index (χ1n) is 6.94. The summed E-state index contributed by atoms with van der Waals surface area (Å²) < 4.78 is 0. The number of rotatable bonds is 8. The van der Waals surface area contributed by atoms with Gasteiger partial charge in [-0.1, -0.05) is 13.8 Å². The molecule has 1 heterocycles. The van der Waals surface area contributed by atoms with Crippen molar-refractivity contribution in [2.24, 2.45) is 0 Å². The standard InChI is InChI=1S/C14H23N3O3/c1-3-11(4-2)17(8-9-18)10-13(19)16-14(20)12-6-5-7-15-12/h5-7,11,15,18H,3-4,8-10H2,1-2H3,(H,16,19,20). The predicted molar refractivity (Wildman–Crippen MR) is 76.3 cm³/mol. The van der Waals surface area contributed by atoms with E-state index in [1.165, 1.54) is 0 Å². The zero-order valence-corrected chi connectivity index (χ0v) is 12.1. The van der Waals surface area contributed by atoms with Crippen LogP contribution in [0.5, 0.6) is 0 Å². The Morgan fingerprint density at radius 2 is 2.10 bits per heavy atom. The summed E-state index contributed by atoms with van der Waals surface area (Å²) in [4.78, 5) is 28.3. The first-order chi connectivity index (χ1) is 9.62. The van der Waals surface area contributed by atoms with Crippen molar-refractivity contribution >= 4 is 11.8 Å². The van der Waals surface area contributed by atoms with E-state index in [-0.39, 0.29) is 25.1 Å². The van der Waals surface area contributed by atoms with Gasteiger partial charge in [0.1, 0.15) is 5.69 Å². The number of imide groups is 1. The van der Waals surface area contributed by atoms with E-state index >= 15 is 0 Å². The zero-order chi connectivity index (χ0) is 15.0. The average Bonchev–Trinajstić information content (AvgIpc) is 2.94. The van der Waals surface area contributed by atoms with Crippen molar-refractivity contribution in [2.75, 3.05) is 19.7 Å². The number of aromatic nitrogens is 1. The lowest BCUT2D eigenvalue weighted by Gasteiger charge is -2.28. The lowest BCUT2D eigenvalue weighted by atomic mass is 10.1. The molecule has 1 rings (SSSR count). The summed E-state index contributed by atoms with van der Waals surface area (Å²) in [6, 6.07) is 3.53. The topological polar surface area (TPSA) is 85.4 Å². The molecule has 0 spiro atoms. The third-order valence-electron chi connectivity index (χ3n) is 3.29. The second-order valence-electron chi connectivity index (χ2n) is 4.63. The quantitative estimate of drug-likeness (QED) is 0.656. The van der Waals surface area contributed by atoms with Crippen molar-refractivity contribution in [3.63, 3.8) is 0 Å². The normalized spacial score (nSPS) is 11.1. The predicted octanol–water partition coefficient (Wildman–Crippen LogP) is 0.754. The number of aliphatic hydroxyl groups excluding tert-OH is 1. The Labute approximate surface area is 119 Å². The first kappa shape index (κ1) is 16.4. The Hall–Kier alpha value is -1.66. The van der Waals surface area contributed by atoms with Crippen LogP contribution in [-0.4, -0.2) is 52.5 Å². The van der Waals surface area contributed by atoms with Gasteiger partial charge in [-0.25, -0.2) is 0 Å². The Kier molecular flexibility index (Phi) is 6.97.